The first-order chi connectivity index (χ1) is 8.49. The summed E-state index contributed by atoms with van der Waals surface area (Å²) in [5.74, 6) is -0.552. The normalized spacial score (nSPS) is 10.9. The number of pyridine rings is 1. The third kappa shape index (κ3) is 2.03. The molecule has 0 aliphatic carbocycles. The molecule has 0 amide bonds. The first kappa shape index (κ1) is 13.7. The van der Waals surface area contributed by atoms with Gasteiger partial charge in [-0.3, -0.25) is 0 Å². The van der Waals surface area contributed by atoms with Gasteiger partial charge in [-0.15, -0.1) is 0 Å². The minimum absolute atomic E-state index is 0.0712. The molecule has 0 saturated carbocycles. The molecular weight excluding hydrogens is 322 g/mol. The van der Waals surface area contributed by atoms with Crippen molar-refractivity contribution in [2.24, 2.45) is 0 Å². The maximum atomic E-state index is 11.7. The summed E-state index contributed by atoms with van der Waals surface area (Å²) in [5.41, 5.74) is 0.455. The second-order valence-electron chi connectivity index (χ2n) is 3.27. The third-order valence-electron chi connectivity index (χ3n) is 2.22. The number of carbonyl (C=O) groups is 1. The van der Waals surface area contributed by atoms with E-state index < -0.39 is 5.97 Å². The minimum Gasteiger partial charge on any atom is -0.462 e. The van der Waals surface area contributed by atoms with Gasteiger partial charge in [0.05, 0.1) is 27.9 Å². The average molecular weight is 328 g/mol. The fraction of sp³-hybridized carbons (Fsp3) is 0.200. The van der Waals surface area contributed by atoms with Crippen LogP contribution in [0.4, 0.5) is 0 Å². The quantitative estimate of drug-likeness (QED) is 0.615. The van der Waals surface area contributed by atoms with E-state index in [0.717, 1.165) is 0 Å². The van der Waals surface area contributed by atoms with Crippen molar-refractivity contribution in [2.75, 3.05) is 6.61 Å². The molecule has 2 heterocycles. The van der Waals surface area contributed by atoms with Gasteiger partial charge in [0.1, 0.15) is 11.1 Å². The Balaban J connectivity index is 2.77. The van der Waals surface area contributed by atoms with Crippen molar-refractivity contribution in [3.8, 4) is 0 Å². The Morgan fingerprint density at radius 2 is 1.94 bits per heavy atom. The molecule has 0 bridgehead atoms. The number of ether oxygens (including phenoxy) is 1. The smallest absolute Gasteiger partial charge is 0.342 e. The van der Waals surface area contributed by atoms with E-state index in [2.05, 4.69) is 5.10 Å². The zero-order valence-electron chi connectivity index (χ0n) is 9.01. The van der Waals surface area contributed by atoms with Crippen LogP contribution in [0.25, 0.3) is 5.52 Å². The molecule has 2 aromatic heterocycles. The fourth-order valence-electron chi connectivity index (χ4n) is 1.45. The Morgan fingerprint density at radius 3 is 2.56 bits per heavy atom. The number of carbonyl (C=O) groups excluding carboxylic acids is 1. The number of hydrogen-bond donors (Lipinski definition) is 0. The summed E-state index contributed by atoms with van der Waals surface area (Å²) in [5, 5.41) is 4.27. The van der Waals surface area contributed by atoms with Gasteiger partial charge in [0.2, 0.25) is 0 Å². The lowest BCUT2D eigenvalue weighted by molar-refractivity contribution is 0.0528. The van der Waals surface area contributed by atoms with Crippen molar-refractivity contribution in [1.82, 2.24) is 9.61 Å². The van der Waals surface area contributed by atoms with Gasteiger partial charge in [0, 0.05) is 0 Å². The monoisotopic (exact) mass is 326 g/mol. The second kappa shape index (κ2) is 5.13. The maximum Gasteiger partial charge on any atom is 0.342 e. The molecule has 0 unspecified atom stereocenters. The first-order valence-electron chi connectivity index (χ1n) is 4.85. The summed E-state index contributed by atoms with van der Waals surface area (Å²) in [6, 6.07) is 0. The van der Waals surface area contributed by atoms with Crippen molar-refractivity contribution in [1.29, 1.82) is 0 Å². The Labute approximate surface area is 122 Å². The highest BCUT2D eigenvalue weighted by atomic mass is 35.5. The minimum atomic E-state index is -0.552. The molecule has 8 heteroatoms. The summed E-state index contributed by atoms with van der Waals surface area (Å²) >= 11 is 23.8. The lowest BCUT2D eigenvalue weighted by Gasteiger charge is -2.07. The lowest BCUT2D eigenvalue weighted by atomic mass is 10.2. The highest BCUT2D eigenvalue weighted by molar-refractivity contribution is 6.52. The number of halogens is 4. The van der Waals surface area contributed by atoms with Gasteiger partial charge in [-0.2, -0.15) is 5.10 Å². The van der Waals surface area contributed by atoms with E-state index in [4.69, 9.17) is 51.1 Å². The van der Waals surface area contributed by atoms with Crippen LogP contribution >= 0.6 is 46.4 Å². The van der Waals surface area contributed by atoms with Gasteiger partial charge < -0.3 is 4.74 Å². The Hall–Kier alpha value is -0.680. The van der Waals surface area contributed by atoms with Crippen molar-refractivity contribution >= 4 is 57.9 Å². The van der Waals surface area contributed by atoms with Crippen LogP contribution in [0.1, 0.15) is 17.3 Å². The Bertz CT molecular complexity index is 639. The molecule has 0 saturated heterocycles. The number of nitrogens with zero attached hydrogens (tertiary/aromatic N) is 2. The molecule has 0 aliphatic rings. The lowest BCUT2D eigenvalue weighted by Crippen LogP contribution is -2.04. The molecule has 96 valence electrons. The molecule has 0 radical (unpaired) electrons. The number of fused-ring (bicyclic) bond motifs is 1. The number of rotatable bonds is 2. The van der Waals surface area contributed by atoms with Crippen LogP contribution in [-0.2, 0) is 4.74 Å². The third-order valence-corrected chi connectivity index (χ3v) is 3.98. The van der Waals surface area contributed by atoms with Gasteiger partial charge in [-0.25, -0.2) is 9.31 Å². The predicted molar refractivity (Wildman–Crippen MR) is 71.2 cm³/mol. The standard InChI is InChI=1S/C10H6Cl4N2O2/c1-2-18-10(17)4-3-15-16-8(4)6(12)5(11)7(13)9(16)14/h3H,2H2,1H3. The second-order valence-corrected chi connectivity index (χ2v) is 4.76. The van der Waals surface area contributed by atoms with Gasteiger partial charge in [-0.1, -0.05) is 46.4 Å². The molecule has 0 aromatic carbocycles. The van der Waals surface area contributed by atoms with Crippen LogP contribution in [0, 0.1) is 0 Å². The molecule has 0 N–H and O–H groups in total. The summed E-state index contributed by atoms with van der Waals surface area (Å²) in [6.07, 6.45) is 1.30. The van der Waals surface area contributed by atoms with Crippen LogP contribution in [-0.4, -0.2) is 22.2 Å². The van der Waals surface area contributed by atoms with E-state index in [1.54, 1.807) is 6.92 Å². The zero-order valence-corrected chi connectivity index (χ0v) is 12.0. The topological polar surface area (TPSA) is 43.6 Å². The molecule has 0 spiro atoms. The van der Waals surface area contributed by atoms with Crippen molar-refractivity contribution in [3.05, 3.63) is 32.0 Å². The van der Waals surface area contributed by atoms with Crippen molar-refractivity contribution in [3.63, 3.8) is 0 Å². The maximum absolute atomic E-state index is 11.7. The molecule has 2 rings (SSSR count). The number of esters is 1. The Morgan fingerprint density at radius 1 is 1.28 bits per heavy atom. The molecule has 18 heavy (non-hydrogen) atoms. The highest BCUT2D eigenvalue weighted by Gasteiger charge is 2.22. The molecule has 2 aromatic rings. The zero-order chi connectivity index (χ0) is 13.4. The van der Waals surface area contributed by atoms with Crippen molar-refractivity contribution < 1.29 is 9.53 Å². The van der Waals surface area contributed by atoms with E-state index in [0.29, 0.717) is 0 Å². The Kier molecular flexibility index (Phi) is 3.92. The van der Waals surface area contributed by atoms with Crippen molar-refractivity contribution in [2.45, 2.75) is 6.92 Å². The van der Waals surface area contributed by atoms with Crippen LogP contribution in [0.5, 0.6) is 0 Å². The summed E-state index contributed by atoms with van der Waals surface area (Å²) in [7, 11) is 0. The van der Waals surface area contributed by atoms with Gasteiger partial charge in [0.15, 0.2) is 5.15 Å². The van der Waals surface area contributed by atoms with E-state index >= 15 is 0 Å². The first-order valence-corrected chi connectivity index (χ1v) is 6.37. The number of aromatic nitrogens is 2. The average Bonchev–Trinajstić information content (AvgIpc) is 2.79. The van der Waals surface area contributed by atoms with Crippen LogP contribution in [0.2, 0.25) is 20.2 Å². The molecular formula is C10H6Cl4N2O2. The molecule has 0 aliphatic heterocycles. The van der Waals surface area contributed by atoms with Gasteiger partial charge >= 0.3 is 5.97 Å². The van der Waals surface area contributed by atoms with Crippen LogP contribution in [0.3, 0.4) is 0 Å². The summed E-state index contributed by atoms with van der Waals surface area (Å²) in [6.45, 7) is 1.94. The van der Waals surface area contributed by atoms with Gasteiger partial charge in [-0.05, 0) is 6.92 Å². The molecule has 0 atom stereocenters. The molecule has 4 nitrogen and oxygen atoms in total. The number of hydrogen-bond acceptors (Lipinski definition) is 3. The van der Waals surface area contributed by atoms with E-state index in [1.165, 1.54) is 10.7 Å². The molecule has 0 fully saturated rings. The van der Waals surface area contributed by atoms with Gasteiger partial charge in [0.25, 0.3) is 0 Å². The highest BCUT2D eigenvalue weighted by Crippen LogP contribution is 2.39. The van der Waals surface area contributed by atoms with E-state index in [1.807, 2.05) is 0 Å². The predicted octanol–water partition coefficient (Wildman–Crippen LogP) is 4.12. The van der Waals surface area contributed by atoms with Crippen LogP contribution < -0.4 is 0 Å². The van der Waals surface area contributed by atoms with E-state index in [9.17, 15) is 4.79 Å². The largest absolute Gasteiger partial charge is 0.462 e. The summed E-state index contributed by atoms with van der Waals surface area (Å²) < 4.78 is 6.13. The van der Waals surface area contributed by atoms with Crippen LogP contribution in [0.15, 0.2) is 6.20 Å². The summed E-state index contributed by atoms with van der Waals surface area (Å²) in [4.78, 5) is 11.7. The van der Waals surface area contributed by atoms with E-state index in [-0.39, 0.29) is 37.9 Å². The fourth-order valence-corrected chi connectivity index (χ4v) is 2.40. The SMILES string of the molecule is CCOC(=O)c1cnn2c(Cl)c(Cl)c(Cl)c(Cl)c12.